The summed E-state index contributed by atoms with van der Waals surface area (Å²) in [5.74, 6) is 0. The summed E-state index contributed by atoms with van der Waals surface area (Å²) >= 11 is 8.97. The molecule has 0 spiro atoms. The molecular weight excluding hydrogens is 322 g/mol. The van der Waals surface area contributed by atoms with Crippen molar-refractivity contribution in [2.24, 2.45) is 0 Å². The number of hydrogen-bond acceptors (Lipinski definition) is 2. The topological polar surface area (TPSA) is 33.6 Å². The normalized spacial score (nSPS) is 11.1. The first-order valence-electron chi connectivity index (χ1n) is 5.94. The number of nitrogens with one attached hydrogen (secondary N) is 1. The number of aromatic amines is 1. The minimum absolute atomic E-state index is 0.701. The Morgan fingerprint density at radius 2 is 2.11 bits per heavy atom. The molecule has 1 aromatic carbocycles. The maximum atomic E-state index is 5.41. The van der Waals surface area contributed by atoms with Crippen LogP contribution in [0.5, 0.6) is 0 Å². The third-order valence-electron chi connectivity index (χ3n) is 3.16. The molecule has 3 nitrogen and oxygen atoms in total. The summed E-state index contributed by atoms with van der Waals surface area (Å²) in [5, 5.41) is 0. The minimum Gasteiger partial charge on any atom is -0.329 e. The Kier molecular flexibility index (Phi) is 3.24. The van der Waals surface area contributed by atoms with E-state index in [1.54, 1.807) is 0 Å². The Morgan fingerprint density at radius 1 is 1.32 bits per heavy atom. The summed E-state index contributed by atoms with van der Waals surface area (Å²) < 4.78 is 3.81. The number of nitrogens with zero attached hydrogens (tertiary/aromatic N) is 2. The molecule has 2 heterocycles. The Bertz CT molecular complexity index is 804. The van der Waals surface area contributed by atoms with Gasteiger partial charge in [0.2, 0.25) is 0 Å². The Morgan fingerprint density at radius 3 is 2.89 bits per heavy atom. The van der Waals surface area contributed by atoms with Crippen LogP contribution in [-0.2, 0) is 6.54 Å². The maximum absolute atomic E-state index is 5.41. The molecule has 0 radical (unpaired) electrons. The van der Waals surface area contributed by atoms with Crippen molar-refractivity contribution in [3.63, 3.8) is 0 Å². The fraction of sp³-hybridized carbons (Fsp3) is 0.143. The SMILES string of the molecule is Cc1ccnc2c1[nH]c(=S)n2Cc1ccccc1Br. The van der Waals surface area contributed by atoms with Gasteiger partial charge in [-0.2, -0.15) is 0 Å². The number of aromatic nitrogens is 3. The summed E-state index contributed by atoms with van der Waals surface area (Å²) in [5.41, 5.74) is 4.25. The van der Waals surface area contributed by atoms with Gasteiger partial charge in [-0.15, -0.1) is 0 Å². The van der Waals surface area contributed by atoms with Crippen LogP contribution >= 0.6 is 28.1 Å². The predicted molar refractivity (Wildman–Crippen MR) is 82.9 cm³/mol. The first-order valence-corrected chi connectivity index (χ1v) is 7.14. The molecule has 0 fully saturated rings. The number of hydrogen-bond donors (Lipinski definition) is 1. The van der Waals surface area contributed by atoms with Gasteiger partial charge in [-0.25, -0.2) is 4.98 Å². The molecule has 3 rings (SSSR count). The molecule has 0 saturated heterocycles. The molecule has 0 bridgehead atoms. The fourth-order valence-electron chi connectivity index (χ4n) is 2.12. The second-order valence-corrected chi connectivity index (χ2v) is 5.68. The van der Waals surface area contributed by atoms with E-state index in [1.165, 1.54) is 5.56 Å². The number of imidazole rings is 1. The molecule has 0 aliphatic carbocycles. The average Bonchev–Trinajstić information content (AvgIpc) is 2.71. The Hall–Kier alpha value is -1.46. The highest BCUT2D eigenvalue weighted by Crippen LogP contribution is 2.21. The van der Waals surface area contributed by atoms with Gasteiger partial charge in [0.15, 0.2) is 10.4 Å². The standard InChI is InChI=1S/C14H12BrN3S/c1-9-6-7-16-13-12(9)17-14(19)18(13)8-10-4-2-3-5-11(10)15/h2-7H,8H2,1H3,(H,17,19). The van der Waals surface area contributed by atoms with Crippen molar-refractivity contribution in [2.45, 2.75) is 13.5 Å². The summed E-state index contributed by atoms with van der Waals surface area (Å²) in [6.45, 7) is 2.76. The number of rotatable bonds is 2. The molecule has 1 N–H and O–H groups in total. The second-order valence-electron chi connectivity index (χ2n) is 4.43. The quantitative estimate of drug-likeness (QED) is 0.712. The van der Waals surface area contributed by atoms with E-state index in [0.717, 1.165) is 21.2 Å². The average molecular weight is 334 g/mol. The zero-order chi connectivity index (χ0) is 13.4. The maximum Gasteiger partial charge on any atom is 0.179 e. The van der Waals surface area contributed by atoms with Gasteiger partial charge in [0.25, 0.3) is 0 Å². The highest BCUT2D eigenvalue weighted by molar-refractivity contribution is 9.10. The molecule has 0 unspecified atom stereocenters. The number of pyridine rings is 1. The molecule has 19 heavy (non-hydrogen) atoms. The van der Waals surface area contributed by atoms with Crippen LogP contribution in [-0.4, -0.2) is 14.5 Å². The zero-order valence-electron chi connectivity index (χ0n) is 10.4. The van der Waals surface area contributed by atoms with Gasteiger partial charge in [0.05, 0.1) is 12.1 Å². The van der Waals surface area contributed by atoms with Crippen molar-refractivity contribution in [3.05, 3.63) is 56.9 Å². The monoisotopic (exact) mass is 333 g/mol. The molecular formula is C14H12BrN3S. The van der Waals surface area contributed by atoms with E-state index >= 15 is 0 Å². The van der Waals surface area contributed by atoms with Crippen LogP contribution in [0.3, 0.4) is 0 Å². The van der Waals surface area contributed by atoms with Gasteiger partial charge in [-0.3, -0.25) is 4.57 Å². The van der Waals surface area contributed by atoms with Crippen molar-refractivity contribution in [2.75, 3.05) is 0 Å². The lowest BCUT2D eigenvalue weighted by Crippen LogP contribution is -2.01. The number of aryl methyl sites for hydroxylation is 1. The highest BCUT2D eigenvalue weighted by Gasteiger charge is 2.09. The van der Waals surface area contributed by atoms with E-state index in [9.17, 15) is 0 Å². The molecule has 0 aliphatic heterocycles. The number of benzene rings is 1. The molecule has 0 atom stereocenters. The summed E-state index contributed by atoms with van der Waals surface area (Å²) in [7, 11) is 0. The lowest BCUT2D eigenvalue weighted by atomic mass is 10.2. The van der Waals surface area contributed by atoms with Crippen LogP contribution in [0.15, 0.2) is 41.0 Å². The van der Waals surface area contributed by atoms with Crippen molar-refractivity contribution in [1.82, 2.24) is 14.5 Å². The van der Waals surface area contributed by atoms with Crippen molar-refractivity contribution in [3.8, 4) is 0 Å². The zero-order valence-corrected chi connectivity index (χ0v) is 12.8. The lowest BCUT2D eigenvalue weighted by molar-refractivity contribution is 0.797. The number of fused-ring (bicyclic) bond motifs is 1. The van der Waals surface area contributed by atoms with Crippen molar-refractivity contribution < 1.29 is 0 Å². The molecule has 96 valence electrons. The third-order valence-corrected chi connectivity index (χ3v) is 4.25. The largest absolute Gasteiger partial charge is 0.329 e. The van der Waals surface area contributed by atoms with Gasteiger partial charge in [-0.1, -0.05) is 34.1 Å². The molecule has 0 amide bonds. The number of halogens is 1. The first kappa shape index (κ1) is 12.6. The molecule has 5 heteroatoms. The van der Waals surface area contributed by atoms with Gasteiger partial charge < -0.3 is 4.98 Å². The van der Waals surface area contributed by atoms with Gasteiger partial charge >= 0.3 is 0 Å². The molecule has 0 aliphatic rings. The summed E-state index contributed by atoms with van der Waals surface area (Å²) in [4.78, 5) is 7.67. The highest BCUT2D eigenvalue weighted by atomic mass is 79.9. The van der Waals surface area contributed by atoms with E-state index in [-0.39, 0.29) is 0 Å². The van der Waals surface area contributed by atoms with Crippen LogP contribution in [0, 0.1) is 11.7 Å². The van der Waals surface area contributed by atoms with E-state index in [1.807, 2.05) is 35.0 Å². The molecule has 2 aromatic heterocycles. The van der Waals surface area contributed by atoms with Crippen LogP contribution in [0.4, 0.5) is 0 Å². The van der Waals surface area contributed by atoms with Crippen molar-refractivity contribution in [1.29, 1.82) is 0 Å². The Balaban J connectivity index is 2.16. The van der Waals surface area contributed by atoms with Crippen LogP contribution in [0.1, 0.15) is 11.1 Å². The lowest BCUT2D eigenvalue weighted by Gasteiger charge is -2.06. The summed E-state index contributed by atoms with van der Waals surface area (Å²) in [6.07, 6.45) is 1.82. The Labute approximate surface area is 124 Å². The summed E-state index contributed by atoms with van der Waals surface area (Å²) in [6, 6.07) is 10.1. The molecule has 0 saturated carbocycles. The molecule has 3 aromatic rings. The van der Waals surface area contributed by atoms with Gasteiger partial charge in [-0.05, 0) is 42.4 Å². The van der Waals surface area contributed by atoms with Crippen LogP contribution in [0.2, 0.25) is 0 Å². The third kappa shape index (κ3) is 2.24. The van der Waals surface area contributed by atoms with E-state index in [2.05, 4.69) is 38.9 Å². The van der Waals surface area contributed by atoms with Gasteiger partial charge in [0.1, 0.15) is 0 Å². The van der Waals surface area contributed by atoms with Crippen LogP contribution < -0.4 is 0 Å². The number of H-pyrrole nitrogens is 1. The first-order chi connectivity index (χ1) is 9.16. The van der Waals surface area contributed by atoms with E-state index in [0.29, 0.717) is 11.3 Å². The van der Waals surface area contributed by atoms with Crippen LogP contribution in [0.25, 0.3) is 11.2 Å². The second kappa shape index (κ2) is 4.90. The van der Waals surface area contributed by atoms with Gasteiger partial charge in [0, 0.05) is 10.7 Å². The van der Waals surface area contributed by atoms with Crippen molar-refractivity contribution >= 4 is 39.3 Å². The smallest absolute Gasteiger partial charge is 0.179 e. The predicted octanol–water partition coefficient (Wildman–Crippen LogP) is 4.21. The van der Waals surface area contributed by atoms with E-state index < -0.39 is 0 Å². The van der Waals surface area contributed by atoms with E-state index in [4.69, 9.17) is 12.2 Å². The fourth-order valence-corrected chi connectivity index (χ4v) is 2.78. The minimum atomic E-state index is 0.701.